The van der Waals surface area contributed by atoms with Crippen molar-refractivity contribution in [3.63, 3.8) is 0 Å². The Morgan fingerprint density at radius 1 is 1.56 bits per heavy atom. The van der Waals surface area contributed by atoms with Crippen LogP contribution in [0.1, 0.15) is 0 Å². The molecule has 0 aliphatic rings. The van der Waals surface area contributed by atoms with Crippen LogP contribution in [-0.4, -0.2) is 25.6 Å². The summed E-state index contributed by atoms with van der Waals surface area (Å²) in [7, 11) is 1.51. The number of ether oxygens (including phenoxy) is 1. The molecule has 1 rings (SSSR count). The Morgan fingerprint density at radius 3 is 2.81 bits per heavy atom. The maximum absolute atomic E-state index is 13.1. The topological polar surface area (TPSA) is 64.3 Å². The van der Waals surface area contributed by atoms with Gasteiger partial charge >= 0.3 is 0 Å². The Kier molecular flexibility index (Phi) is 4.19. The van der Waals surface area contributed by atoms with Crippen molar-refractivity contribution in [2.24, 2.45) is 5.73 Å². The SMILES string of the molecule is CNC(COc1cccc(F)c1F)C(N)=O. The number of nitrogens with one attached hydrogen (secondary N) is 1. The first-order valence-corrected chi connectivity index (χ1v) is 4.59. The van der Waals surface area contributed by atoms with Gasteiger partial charge in [0.1, 0.15) is 12.6 Å². The highest BCUT2D eigenvalue weighted by Gasteiger charge is 2.15. The molecule has 1 aromatic carbocycles. The van der Waals surface area contributed by atoms with Crippen LogP contribution >= 0.6 is 0 Å². The summed E-state index contributed by atoms with van der Waals surface area (Å²) in [6, 6.07) is 2.81. The van der Waals surface area contributed by atoms with E-state index in [0.717, 1.165) is 6.07 Å². The molecule has 1 unspecified atom stereocenters. The van der Waals surface area contributed by atoms with Gasteiger partial charge in [0.2, 0.25) is 11.7 Å². The average Bonchev–Trinajstić information content (AvgIpc) is 2.24. The van der Waals surface area contributed by atoms with Crippen molar-refractivity contribution in [1.82, 2.24) is 5.32 Å². The number of nitrogens with two attached hydrogens (primary N) is 1. The Hall–Kier alpha value is -1.69. The second kappa shape index (κ2) is 5.41. The van der Waals surface area contributed by atoms with Crippen LogP contribution in [0.4, 0.5) is 8.78 Å². The first-order valence-electron chi connectivity index (χ1n) is 4.59. The van der Waals surface area contributed by atoms with Crippen LogP contribution in [0.25, 0.3) is 0 Å². The van der Waals surface area contributed by atoms with Crippen molar-refractivity contribution in [2.45, 2.75) is 6.04 Å². The summed E-state index contributed by atoms with van der Waals surface area (Å²) in [5.74, 6) is -2.96. The van der Waals surface area contributed by atoms with Crippen LogP contribution < -0.4 is 15.8 Å². The number of benzene rings is 1. The lowest BCUT2D eigenvalue weighted by Crippen LogP contribution is -2.43. The van der Waals surface area contributed by atoms with Crippen LogP contribution in [0.3, 0.4) is 0 Å². The van der Waals surface area contributed by atoms with Gasteiger partial charge in [-0.2, -0.15) is 4.39 Å². The van der Waals surface area contributed by atoms with Gasteiger partial charge in [0.25, 0.3) is 0 Å². The molecule has 0 aromatic heterocycles. The molecular formula is C10H12F2N2O2. The highest BCUT2D eigenvalue weighted by molar-refractivity contribution is 5.79. The molecule has 0 saturated carbocycles. The van der Waals surface area contributed by atoms with Gasteiger partial charge < -0.3 is 15.8 Å². The third-order valence-electron chi connectivity index (χ3n) is 2.01. The molecular weight excluding hydrogens is 218 g/mol. The minimum absolute atomic E-state index is 0.161. The fraction of sp³-hybridized carbons (Fsp3) is 0.300. The highest BCUT2D eigenvalue weighted by atomic mass is 19.2. The van der Waals surface area contributed by atoms with Crippen LogP contribution in [0, 0.1) is 11.6 Å². The van der Waals surface area contributed by atoms with E-state index in [1.165, 1.54) is 19.2 Å². The predicted octanol–water partition coefficient (Wildman–Crippen LogP) is 0.417. The minimum Gasteiger partial charge on any atom is -0.488 e. The van der Waals surface area contributed by atoms with E-state index >= 15 is 0 Å². The molecule has 4 nitrogen and oxygen atoms in total. The molecule has 0 heterocycles. The van der Waals surface area contributed by atoms with Gasteiger partial charge in [0.05, 0.1) is 0 Å². The van der Waals surface area contributed by atoms with Crippen LogP contribution in [-0.2, 0) is 4.79 Å². The molecule has 16 heavy (non-hydrogen) atoms. The molecule has 0 fully saturated rings. The number of likely N-dealkylation sites (N-methyl/N-ethyl adjacent to an activating group) is 1. The van der Waals surface area contributed by atoms with E-state index in [0.29, 0.717) is 0 Å². The van der Waals surface area contributed by atoms with Crippen LogP contribution in [0.15, 0.2) is 18.2 Å². The zero-order chi connectivity index (χ0) is 12.1. The first kappa shape index (κ1) is 12.4. The Balaban J connectivity index is 2.67. The quantitative estimate of drug-likeness (QED) is 0.770. The third kappa shape index (κ3) is 2.90. The summed E-state index contributed by atoms with van der Waals surface area (Å²) < 4.78 is 30.9. The predicted molar refractivity (Wildman–Crippen MR) is 53.9 cm³/mol. The number of rotatable bonds is 5. The second-order valence-corrected chi connectivity index (χ2v) is 3.11. The number of hydrogen-bond donors (Lipinski definition) is 2. The van der Waals surface area contributed by atoms with Crippen molar-refractivity contribution < 1.29 is 18.3 Å². The third-order valence-corrected chi connectivity index (χ3v) is 2.01. The fourth-order valence-corrected chi connectivity index (χ4v) is 1.08. The molecule has 0 spiro atoms. The molecule has 0 saturated heterocycles. The Morgan fingerprint density at radius 2 is 2.25 bits per heavy atom. The van der Waals surface area contributed by atoms with E-state index in [1.54, 1.807) is 0 Å². The molecule has 1 amide bonds. The largest absolute Gasteiger partial charge is 0.488 e. The molecule has 0 radical (unpaired) electrons. The van der Waals surface area contributed by atoms with E-state index < -0.39 is 23.6 Å². The first-order chi connectivity index (χ1) is 7.56. The van der Waals surface area contributed by atoms with Crippen molar-refractivity contribution in [3.8, 4) is 5.75 Å². The van der Waals surface area contributed by atoms with E-state index in [4.69, 9.17) is 10.5 Å². The van der Waals surface area contributed by atoms with Crippen LogP contribution in [0.5, 0.6) is 5.75 Å². The molecule has 1 aromatic rings. The van der Waals surface area contributed by atoms with E-state index in [-0.39, 0.29) is 12.4 Å². The summed E-state index contributed by atoms with van der Waals surface area (Å²) in [6.45, 7) is -0.161. The lowest BCUT2D eigenvalue weighted by Gasteiger charge is -2.13. The minimum atomic E-state index is -1.08. The van der Waals surface area contributed by atoms with Gasteiger partial charge in [-0.25, -0.2) is 4.39 Å². The summed E-state index contributed by atoms with van der Waals surface area (Å²) in [4.78, 5) is 10.8. The van der Waals surface area contributed by atoms with Gasteiger partial charge in [-0.1, -0.05) is 6.07 Å². The Bertz CT molecular complexity index is 385. The average molecular weight is 230 g/mol. The van der Waals surface area contributed by atoms with E-state index in [2.05, 4.69) is 5.32 Å². The second-order valence-electron chi connectivity index (χ2n) is 3.11. The summed E-state index contributed by atoms with van der Waals surface area (Å²) in [5.41, 5.74) is 5.03. The number of halogens is 2. The zero-order valence-corrected chi connectivity index (χ0v) is 8.67. The van der Waals surface area contributed by atoms with Crippen LogP contribution in [0.2, 0.25) is 0 Å². The van der Waals surface area contributed by atoms with Gasteiger partial charge in [-0.3, -0.25) is 4.79 Å². The van der Waals surface area contributed by atoms with Crippen molar-refractivity contribution in [1.29, 1.82) is 0 Å². The monoisotopic (exact) mass is 230 g/mol. The number of hydrogen-bond acceptors (Lipinski definition) is 3. The van der Waals surface area contributed by atoms with Gasteiger partial charge in [0, 0.05) is 0 Å². The zero-order valence-electron chi connectivity index (χ0n) is 8.67. The highest BCUT2D eigenvalue weighted by Crippen LogP contribution is 2.18. The van der Waals surface area contributed by atoms with Crippen molar-refractivity contribution >= 4 is 5.91 Å². The van der Waals surface area contributed by atoms with E-state index in [1.807, 2.05) is 0 Å². The van der Waals surface area contributed by atoms with Crippen molar-refractivity contribution in [3.05, 3.63) is 29.8 Å². The lowest BCUT2D eigenvalue weighted by molar-refractivity contribution is -0.120. The molecule has 0 aliphatic carbocycles. The summed E-state index contributed by atoms with van der Waals surface area (Å²) in [6.07, 6.45) is 0. The normalized spacial score (nSPS) is 12.2. The van der Waals surface area contributed by atoms with Crippen molar-refractivity contribution in [2.75, 3.05) is 13.7 Å². The van der Waals surface area contributed by atoms with E-state index in [9.17, 15) is 13.6 Å². The summed E-state index contributed by atoms with van der Waals surface area (Å²) in [5, 5.41) is 2.59. The summed E-state index contributed by atoms with van der Waals surface area (Å²) >= 11 is 0. The smallest absolute Gasteiger partial charge is 0.238 e. The van der Waals surface area contributed by atoms with Gasteiger partial charge in [-0.05, 0) is 19.2 Å². The number of primary amides is 1. The fourth-order valence-electron chi connectivity index (χ4n) is 1.08. The molecule has 1 atom stereocenters. The van der Waals surface area contributed by atoms with Gasteiger partial charge in [0.15, 0.2) is 11.6 Å². The maximum Gasteiger partial charge on any atom is 0.238 e. The lowest BCUT2D eigenvalue weighted by atomic mass is 10.3. The molecule has 3 N–H and O–H groups in total. The Labute approximate surface area is 91.4 Å². The standard InChI is InChI=1S/C10H12F2N2O2/c1-14-7(10(13)15)5-16-8-4-2-3-6(11)9(8)12/h2-4,7,14H,5H2,1H3,(H2,13,15). The molecule has 0 aliphatic heterocycles. The number of carbonyl (C=O) groups excluding carboxylic acids is 1. The molecule has 0 bridgehead atoms. The van der Waals surface area contributed by atoms with Gasteiger partial charge in [-0.15, -0.1) is 0 Å². The molecule has 6 heteroatoms. The number of amides is 1. The maximum atomic E-state index is 13.1. The number of carbonyl (C=O) groups is 1. The molecule has 88 valence electrons.